The van der Waals surface area contributed by atoms with Gasteiger partial charge in [0.15, 0.2) is 0 Å². The van der Waals surface area contributed by atoms with E-state index in [0.29, 0.717) is 6.42 Å². The zero-order valence-electron chi connectivity index (χ0n) is 4.81. The molecule has 0 unspecified atom stereocenters. The third-order valence-electron chi connectivity index (χ3n) is 0.540. The van der Waals surface area contributed by atoms with Gasteiger partial charge >= 0.3 is 0 Å². The fourth-order valence-electron chi connectivity index (χ4n) is 0.274. The van der Waals surface area contributed by atoms with Crippen molar-refractivity contribution in [3.05, 3.63) is 6.54 Å². The molecule has 0 saturated heterocycles. The van der Waals surface area contributed by atoms with Crippen molar-refractivity contribution in [3.63, 3.8) is 0 Å². The standard InChI is InChI=1S/C5H11NO/c1-6(2)4-3-5-7/h7H,3,5H2,1-2H3. The molecule has 0 heterocycles. The van der Waals surface area contributed by atoms with Crippen LogP contribution in [0.2, 0.25) is 0 Å². The van der Waals surface area contributed by atoms with E-state index < -0.39 is 0 Å². The Bertz CT molecular complexity index is 37.1. The molecule has 0 aliphatic rings. The highest BCUT2D eigenvalue weighted by Crippen LogP contribution is 1.85. The molecular weight excluding hydrogens is 90.1 g/mol. The van der Waals surface area contributed by atoms with Crippen molar-refractivity contribution in [2.45, 2.75) is 6.42 Å². The topological polar surface area (TPSA) is 23.5 Å². The van der Waals surface area contributed by atoms with Gasteiger partial charge in [-0.15, -0.1) is 0 Å². The zero-order valence-corrected chi connectivity index (χ0v) is 4.81. The van der Waals surface area contributed by atoms with Gasteiger partial charge in [0, 0.05) is 6.61 Å². The first-order valence-electron chi connectivity index (χ1n) is 2.29. The van der Waals surface area contributed by atoms with Crippen LogP contribution in [0.15, 0.2) is 0 Å². The molecule has 0 fully saturated rings. The number of aliphatic hydroxyl groups is 1. The second kappa shape index (κ2) is 4.09. The fourth-order valence-corrected chi connectivity index (χ4v) is 0.274. The Kier molecular flexibility index (Phi) is 4.04. The number of nitrogens with zero attached hydrogens (tertiary/aromatic N) is 1. The van der Waals surface area contributed by atoms with E-state index in [-0.39, 0.29) is 6.61 Å². The Morgan fingerprint density at radius 1 is 1.57 bits per heavy atom. The van der Waals surface area contributed by atoms with E-state index in [9.17, 15) is 0 Å². The average Bonchev–Trinajstić information content (AvgIpc) is 1.61. The highest BCUT2D eigenvalue weighted by molar-refractivity contribution is 4.57. The van der Waals surface area contributed by atoms with Crippen LogP contribution < -0.4 is 0 Å². The van der Waals surface area contributed by atoms with Crippen LogP contribution >= 0.6 is 0 Å². The van der Waals surface area contributed by atoms with Gasteiger partial charge in [0.1, 0.15) is 0 Å². The Morgan fingerprint density at radius 3 is 2.29 bits per heavy atom. The van der Waals surface area contributed by atoms with Crippen LogP contribution in [0.25, 0.3) is 0 Å². The largest absolute Gasteiger partial charge is 0.396 e. The van der Waals surface area contributed by atoms with E-state index in [4.69, 9.17) is 5.11 Å². The Balaban J connectivity index is 2.68. The van der Waals surface area contributed by atoms with Gasteiger partial charge in [0.25, 0.3) is 0 Å². The van der Waals surface area contributed by atoms with Gasteiger partial charge in [0.05, 0.1) is 6.54 Å². The molecule has 2 heteroatoms. The molecule has 42 valence electrons. The molecule has 2 nitrogen and oxygen atoms in total. The molecule has 0 aromatic heterocycles. The highest BCUT2D eigenvalue weighted by atomic mass is 16.3. The summed E-state index contributed by atoms with van der Waals surface area (Å²) in [6.45, 7) is 3.07. The van der Waals surface area contributed by atoms with Crippen molar-refractivity contribution in [2.75, 3.05) is 20.7 Å². The molecule has 0 bridgehead atoms. The highest BCUT2D eigenvalue weighted by Gasteiger charge is 1.86. The molecule has 0 aromatic rings. The number of rotatable bonds is 3. The second-order valence-electron chi connectivity index (χ2n) is 1.53. The summed E-state index contributed by atoms with van der Waals surface area (Å²) in [5.74, 6) is 0. The maximum Gasteiger partial charge on any atom is 0.0633 e. The predicted octanol–water partition coefficient (Wildman–Crippen LogP) is -0.0308. The summed E-state index contributed by atoms with van der Waals surface area (Å²) in [5.41, 5.74) is 0. The zero-order chi connectivity index (χ0) is 5.70. The average molecular weight is 101 g/mol. The summed E-state index contributed by atoms with van der Waals surface area (Å²) in [4.78, 5) is 1.80. The lowest BCUT2D eigenvalue weighted by molar-refractivity contribution is 0.283. The molecule has 0 saturated carbocycles. The van der Waals surface area contributed by atoms with Gasteiger partial charge < -0.3 is 10.0 Å². The molecule has 0 aromatic carbocycles. The Labute approximate surface area is 44.8 Å². The van der Waals surface area contributed by atoms with Gasteiger partial charge in [-0.05, 0) is 20.5 Å². The van der Waals surface area contributed by atoms with Gasteiger partial charge in [0.2, 0.25) is 0 Å². The van der Waals surface area contributed by atoms with Crippen LogP contribution in [0, 0.1) is 6.54 Å². The SMILES string of the molecule is CN(C)[C]CCO. The van der Waals surface area contributed by atoms with E-state index >= 15 is 0 Å². The summed E-state index contributed by atoms with van der Waals surface area (Å²) >= 11 is 0. The van der Waals surface area contributed by atoms with Gasteiger partial charge in [-0.25, -0.2) is 0 Å². The minimum atomic E-state index is 0.193. The predicted molar refractivity (Wildman–Crippen MR) is 28.6 cm³/mol. The number of hydrogen-bond donors (Lipinski definition) is 1. The molecule has 0 aliphatic heterocycles. The molecule has 0 spiro atoms. The minimum absolute atomic E-state index is 0.193. The Hall–Kier alpha value is -0.0800. The Morgan fingerprint density at radius 2 is 2.14 bits per heavy atom. The molecule has 0 atom stereocenters. The van der Waals surface area contributed by atoms with Crippen molar-refractivity contribution < 1.29 is 5.11 Å². The molecule has 0 rings (SSSR count). The van der Waals surface area contributed by atoms with E-state index in [0.717, 1.165) is 0 Å². The molecular formula is C5H11NO. The third-order valence-corrected chi connectivity index (χ3v) is 0.540. The van der Waals surface area contributed by atoms with Gasteiger partial charge in [-0.3, -0.25) is 0 Å². The fraction of sp³-hybridized carbons (Fsp3) is 0.800. The number of aliphatic hydroxyl groups excluding tert-OH is 1. The monoisotopic (exact) mass is 101 g/mol. The van der Waals surface area contributed by atoms with Crippen molar-refractivity contribution in [1.29, 1.82) is 0 Å². The normalized spacial score (nSPS) is 10.3. The van der Waals surface area contributed by atoms with Crippen LogP contribution in [-0.4, -0.2) is 30.7 Å². The summed E-state index contributed by atoms with van der Waals surface area (Å²) in [5, 5.41) is 8.23. The van der Waals surface area contributed by atoms with E-state index in [1.54, 1.807) is 4.90 Å². The molecule has 2 radical (unpaired) electrons. The van der Waals surface area contributed by atoms with E-state index in [1.165, 1.54) is 0 Å². The molecule has 0 amide bonds. The first-order valence-corrected chi connectivity index (χ1v) is 2.29. The second-order valence-corrected chi connectivity index (χ2v) is 1.53. The van der Waals surface area contributed by atoms with Crippen molar-refractivity contribution >= 4 is 0 Å². The molecule has 1 N–H and O–H groups in total. The van der Waals surface area contributed by atoms with Crippen molar-refractivity contribution in [2.24, 2.45) is 0 Å². The quantitative estimate of drug-likeness (QED) is 0.504. The minimum Gasteiger partial charge on any atom is -0.396 e. The van der Waals surface area contributed by atoms with Crippen LogP contribution in [0.5, 0.6) is 0 Å². The van der Waals surface area contributed by atoms with Gasteiger partial charge in [-0.1, -0.05) is 0 Å². The summed E-state index contributed by atoms with van der Waals surface area (Å²) in [6.07, 6.45) is 0.632. The van der Waals surface area contributed by atoms with E-state index in [2.05, 4.69) is 6.54 Å². The van der Waals surface area contributed by atoms with Crippen molar-refractivity contribution in [1.82, 2.24) is 4.90 Å². The lowest BCUT2D eigenvalue weighted by atomic mass is 10.4. The molecule has 0 aliphatic carbocycles. The summed E-state index contributed by atoms with van der Waals surface area (Å²) < 4.78 is 0. The maximum absolute atomic E-state index is 8.23. The lowest BCUT2D eigenvalue weighted by Crippen LogP contribution is -2.07. The smallest absolute Gasteiger partial charge is 0.0633 e. The number of hydrogen-bond acceptors (Lipinski definition) is 2. The maximum atomic E-state index is 8.23. The van der Waals surface area contributed by atoms with Crippen LogP contribution in [0.1, 0.15) is 6.42 Å². The summed E-state index contributed by atoms with van der Waals surface area (Å²) in [6, 6.07) is 0. The molecule has 7 heavy (non-hydrogen) atoms. The first-order chi connectivity index (χ1) is 3.27. The first kappa shape index (κ1) is 6.92. The third kappa shape index (κ3) is 5.92. The van der Waals surface area contributed by atoms with Crippen molar-refractivity contribution in [3.8, 4) is 0 Å². The van der Waals surface area contributed by atoms with Crippen LogP contribution in [-0.2, 0) is 0 Å². The lowest BCUT2D eigenvalue weighted by Gasteiger charge is -2.03. The van der Waals surface area contributed by atoms with E-state index in [1.807, 2.05) is 14.1 Å². The van der Waals surface area contributed by atoms with Gasteiger partial charge in [-0.2, -0.15) is 0 Å². The van der Waals surface area contributed by atoms with Crippen LogP contribution in [0.4, 0.5) is 0 Å². The van der Waals surface area contributed by atoms with Crippen LogP contribution in [0.3, 0.4) is 0 Å². The summed E-state index contributed by atoms with van der Waals surface area (Å²) in [7, 11) is 3.77.